The molecule has 0 aromatic heterocycles. The van der Waals surface area contributed by atoms with E-state index in [0.29, 0.717) is 6.61 Å². The first-order valence-electron chi connectivity index (χ1n) is 10.4. The maximum atomic E-state index is 11.1. The van der Waals surface area contributed by atoms with E-state index in [9.17, 15) is 4.79 Å². The summed E-state index contributed by atoms with van der Waals surface area (Å²) in [6.07, 6.45) is 23.6. The second kappa shape index (κ2) is 19.1. The molecule has 0 aliphatic rings. The largest absolute Gasteiger partial charge is 0.512 e. The van der Waals surface area contributed by atoms with Gasteiger partial charge in [-0.3, -0.25) is 0 Å². The number of carbonyl (C=O) groups is 1. The standard InChI is InChI=1S/C22H40O3/c1-3-4-5-6-7-8-9-10-11-12-13-14-15-16-17-18-19-25-22(24)20-21(2)23/h10-11,20,23H,3-9,12-19H2,1-2H3/b11-10+,21-20-. The fraction of sp³-hybridized carbons (Fsp3) is 0.773. The van der Waals surface area contributed by atoms with E-state index < -0.39 is 5.97 Å². The number of ether oxygens (including phenoxy) is 1. The Kier molecular flexibility index (Phi) is 18.1. The molecule has 0 atom stereocenters. The van der Waals surface area contributed by atoms with Gasteiger partial charge in [0, 0.05) is 0 Å². The van der Waals surface area contributed by atoms with Gasteiger partial charge in [-0.2, -0.15) is 0 Å². The number of esters is 1. The molecule has 0 aliphatic carbocycles. The molecule has 1 N–H and O–H groups in total. The Balaban J connectivity index is 3.19. The van der Waals surface area contributed by atoms with Crippen LogP contribution < -0.4 is 0 Å². The van der Waals surface area contributed by atoms with Gasteiger partial charge in [-0.25, -0.2) is 4.79 Å². The average Bonchev–Trinajstić information content (AvgIpc) is 2.57. The number of aliphatic hydroxyl groups excluding tert-OH is 1. The van der Waals surface area contributed by atoms with Crippen molar-refractivity contribution >= 4 is 5.97 Å². The van der Waals surface area contributed by atoms with Crippen molar-refractivity contribution in [3.63, 3.8) is 0 Å². The highest BCUT2D eigenvalue weighted by atomic mass is 16.5. The summed E-state index contributed by atoms with van der Waals surface area (Å²) in [6, 6.07) is 0. The minimum atomic E-state index is -0.451. The van der Waals surface area contributed by atoms with Crippen LogP contribution in [0.25, 0.3) is 0 Å². The zero-order chi connectivity index (χ0) is 18.6. The van der Waals surface area contributed by atoms with Crippen molar-refractivity contribution in [3.05, 3.63) is 24.0 Å². The lowest BCUT2D eigenvalue weighted by Crippen LogP contribution is -2.03. The van der Waals surface area contributed by atoms with Crippen LogP contribution >= 0.6 is 0 Å². The third-order valence-electron chi connectivity index (χ3n) is 4.23. The third-order valence-corrected chi connectivity index (χ3v) is 4.23. The predicted molar refractivity (Wildman–Crippen MR) is 107 cm³/mol. The maximum absolute atomic E-state index is 11.1. The van der Waals surface area contributed by atoms with Gasteiger partial charge in [0.1, 0.15) is 0 Å². The molecule has 0 bridgehead atoms. The van der Waals surface area contributed by atoms with E-state index in [1.54, 1.807) is 0 Å². The lowest BCUT2D eigenvalue weighted by Gasteiger charge is -2.02. The molecule has 0 radical (unpaired) electrons. The molecule has 0 unspecified atom stereocenters. The summed E-state index contributed by atoms with van der Waals surface area (Å²) in [4.78, 5) is 11.1. The molecule has 0 aliphatic heterocycles. The minimum Gasteiger partial charge on any atom is -0.512 e. The second-order valence-corrected chi connectivity index (χ2v) is 6.89. The van der Waals surface area contributed by atoms with Crippen molar-refractivity contribution < 1.29 is 14.6 Å². The third kappa shape index (κ3) is 20.7. The molecule has 3 heteroatoms. The van der Waals surface area contributed by atoms with Gasteiger partial charge in [0.05, 0.1) is 18.4 Å². The molecular formula is C22H40O3. The van der Waals surface area contributed by atoms with Crippen molar-refractivity contribution in [2.24, 2.45) is 0 Å². The molecule has 0 fully saturated rings. The molecule has 146 valence electrons. The number of hydrogen-bond donors (Lipinski definition) is 1. The Hall–Kier alpha value is -1.25. The van der Waals surface area contributed by atoms with Crippen LogP contribution in [0.1, 0.15) is 104 Å². The first-order chi connectivity index (χ1) is 12.2. The van der Waals surface area contributed by atoms with Gasteiger partial charge in [0.25, 0.3) is 0 Å². The van der Waals surface area contributed by atoms with E-state index in [0.717, 1.165) is 18.9 Å². The number of carbonyl (C=O) groups excluding carboxylic acids is 1. The number of hydrogen-bond acceptors (Lipinski definition) is 3. The Morgan fingerprint density at radius 3 is 1.80 bits per heavy atom. The van der Waals surface area contributed by atoms with Crippen LogP contribution in [0.15, 0.2) is 24.0 Å². The lowest BCUT2D eigenvalue weighted by molar-refractivity contribution is -0.138. The highest BCUT2D eigenvalue weighted by Gasteiger charge is 1.98. The lowest BCUT2D eigenvalue weighted by atomic mass is 10.1. The molecule has 0 saturated heterocycles. The molecule has 0 aromatic rings. The first-order valence-corrected chi connectivity index (χ1v) is 10.4. The fourth-order valence-electron chi connectivity index (χ4n) is 2.73. The maximum Gasteiger partial charge on any atom is 0.334 e. The summed E-state index contributed by atoms with van der Waals surface area (Å²) < 4.78 is 4.99. The van der Waals surface area contributed by atoms with Crippen molar-refractivity contribution in [2.45, 2.75) is 104 Å². The molecule has 0 rings (SSSR count). The summed E-state index contributed by atoms with van der Waals surface area (Å²) >= 11 is 0. The number of aliphatic hydroxyl groups is 1. The Labute approximate surface area is 155 Å². The van der Waals surface area contributed by atoms with E-state index in [-0.39, 0.29) is 5.76 Å². The van der Waals surface area contributed by atoms with Gasteiger partial charge in [-0.05, 0) is 39.0 Å². The van der Waals surface area contributed by atoms with Gasteiger partial charge in [-0.15, -0.1) is 0 Å². The van der Waals surface area contributed by atoms with Crippen molar-refractivity contribution in [1.82, 2.24) is 0 Å². The van der Waals surface area contributed by atoms with Crippen molar-refractivity contribution in [1.29, 1.82) is 0 Å². The smallest absolute Gasteiger partial charge is 0.334 e. The van der Waals surface area contributed by atoms with E-state index in [1.807, 2.05) is 0 Å². The van der Waals surface area contributed by atoms with Crippen LogP contribution in [0, 0.1) is 0 Å². The molecule has 0 aromatic carbocycles. The van der Waals surface area contributed by atoms with Crippen LogP contribution in [0.5, 0.6) is 0 Å². The monoisotopic (exact) mass is 352 g/mol. The van der Waals surface area contributed by atoms with Crippen molar-refractivity contribution in [3.8, 4) is 0 Å². The number of rotatable bonds is 17. The van der Waals surface area contributed by atoms with E-state index in [4.69, 9.17) is 9.84 Å². The zero-order valence-electron chi connectivity index (χ0n) is 16.6. The van der Waals surface area contributed by atoms with E-state index in [2.05, 4.69) is 19.1 Å². The van der Waals surface area contributed by atoms with Crippen molar-refractivity contribution in [2.75, 3.05) is 6.61 Å². The van der Waals surface area contributed by atoms with Gasteiger partial charge < -0.3 is 9.84 Å². The average molecular weight is 353 g/mol. The first kappa shape index (κ1) is 23.8. The quantitative estimate of drug-likeness (QED) is 0.100. The summed E-state index contributed by atoms with van der Waals surface area (Å²) in [5, 5.41) is 8.92. The highest BCUT2D eigenvalue weighted by molar-refractivity contribution is 5.82. The molecule has 3 nitrogen and oxygen atoms in total. The fourth-order valence-corrected chi connectivity index (χ4v) is 2.73. The normalized spacial score (nSPS) is 12.0. The van der Waals surface area contributed by atoms with Crippen LogP contribution in [0.3, 0.4) is 0 Å². The SMILES string of the molecule is CCCCCCCC/C=C/CCCCCCCCOC(=O)/C=C(/C)O. The molecule has 25 heavy (non-hydrogen) atoms. The Bertz CT molecular complexity index is 354. The van der Waals surface area contributed by atoms with Gasteiger partial charge in [0.15, 0.2) is 0 Å². The van der Waals surface area contributed by atoms with E-state index >= 15 is 0 Å². The molecule has 0 saturated carbocycles. The second-order valence-electron chi connectivity index (χ2n) is 6.89. The Morgan fingerprint density at radius 1 is 0.800 bits per heavy atom. The molecule has 0 spiro atoms. The minimum absolute atomic E-state index is 0.00831. The highest BCUT2D eigenvalue weighted by Crippen LogP contribution is 2.10. The Morgan fingerprint density at radius 2 is 1.28 bits per heavy atom. The predicted octanol–water partition coefficient (Wildman–Crippen LogP) is 7.03. The van der Waals surface area contributed by atoms with Crippen LogP contribution in [-0.4, -0.2) is 17.7 Å². The summed E-state index contributed by atoms with van der Waals surface area (Å²) in [5.41, 5.74) is 0. The van der Waals surface area contributed by atoms with Crippen LogP contribution in [0.4, 0.5) is 0 Å². The van der Waals surface area contributed by atoms with Gasteiger partial charge >= 0.3 is 5.97 Å². The summed E-state index contributed by atoms with van der Waals surface area (Å²) in [7, 11) is 0. The summed E-state index contributed by atoms with van der Waals surface area (Å²) in [5.74, 6) is -0.459. The zero-order valence-corrected chi connectivity index (χ0v) is 16.6. The van der Waals surface area contributed by atoms with Gasteiger partial charge in [-0.1, -0.05) is 76.9 Å². The molecule has 0 heterocycles. The number of unbranched alkanes of at least 4 members (excludes halogenated alkanes) is 12. The molecule has 0 amide bonds. The topological polar surface area (TPSA) is 46.5 Å². The van der Waals surface area contributed by atoms with Crippen LogP contribution in [-0.2, 0) is 9.53 Å². The summed E-state index contributed by atoms with van der Waals surface area (Å²) in [6.45, 7) is 4.17. The van der Waals surface area contributed by atoms with Gasteiger partial charge in [0.2, 0.25) is 0 Å². The van der Waals surface area contributed by atoms with E-state index in [1.165, 1.54) is 84.0 Å². The molecular weight excluding hydrogens is 312 g/mol. The van der Waals surface area contributed by atoms with Crippen LogP contribution in [0.2, 0.25) is 0 Å². The number of allylic oxidation sites excluding steroid dienone is 3.